The van der Waals surface area contributed by atoms with Crippen molar-refractivity contribution in [2.75, 3.05) is 13.2 Å². The molecule has 8 atom stereocenters. The summed E-state index contributed by atoms with van der Waals surface area (Å²) in [5, 5.41) is 56.9. The van der Waals surface area contributed by atoms with E-state index in [9.17, 15) is 35.1 Å². The number of unbranched alkanes of at least 4 members (excludes halogenated alkanes) is 27. The molecule has 450 valence electrons. The van der Waals surface area contributed by atoms with Crippen LogP contribution in [-0.4, -0.2) is 99.6 Å². The van der Waals surface area contributed by atoms with Gasteiger partial charge in [0.15, 0.2) is 12.4 Å². The lowest BCUT2D eigenvalue weighted by molar-refractivity contribution is -0.305. The molecule has 1 aliphatic heterocycles. The van der Waals surface area contributed by atoms with E-state index in [4.69, 9.17) is 14.2 Å². The van der Waals surface area contributed by atoms with Crippen molar-refractivity contribution in [3.05, 3.63) is 85.1 Å². The number of allylic oxidation sites excluding steroid dienone is 13. The second-order valence-corrected chi connectivity index (χ2v) is 21.8. The van der Waals surface area contributed by atoms with Crippen molar-refractivity contribution in [2.24, 2.45) is 0 Å². The number of hydrogen-bond donors (Lipinski definition) is 6. The highest BCUT2D eigenvalue weighted by atomic mass is 16.7. The first-order valence-corrected chi connectivity index (χ1v) is 31.9. The minimum absolute atomic E-state index is 0.111. The Kier molecular flexibility index (Phi) is 50.8. The van der Waals surface area contributed by atoms with Crippen LogP contribution in [-0.2, 0) is 23.8 Å². The molecule has 8 unspecified atom stereocenters. The SMILES string of the molecule is CC/C=C\C/C=C\C/C=C\C/C=C\C/C=C\CCCCCCCCCCCC(=O)OC1C(OCC(NC(=O)C(O)CCCC/C=C\CCCCCCCC)C(O)/C=C/CCCCCCCCCCCC)OC(CO)C(O)C1O. The number of nitrogens with one attached hydrogen (secondary N) is 1. The Hall–Kier alpha value is -3.16. The maximum Gasteiger partial charge on any atom is 0.306 e. The van der Waals surface area contributed by atoms with Crippen LogP contribution in [0.25, 0.3) is 0 Å². The van der Waals surface area contributed by atoms with Crippen LogP contribution in [0.1, 0.15) is 265 Å². The number of carbonyl (C=O) groups excluding carboxylic acids is 2. The summed E-state index contributed by atoms with van der Waals surface area (Å²) in [5.74, 6) is -1.22. The molecule has 0 bridgehead atoms. The Labute approximate surface area is 476 Å². The normalized spacial score (nSPS) is 19.5. The largest absolute Gasteiger partial charge is 0.454 e. The van der Waals surface area contributed by atoms with E-state index in [0.717, 1.165) is 103 Å². The first kappa shape index (κ1) is 72.9. The molecule has 11 nitrogen and oxygen atoms in total. The fourth-order valence-corrected chi connectivity index (χ4v) is 9.50. The minimum Gasteiger partial charge on any atom is -0.454 e. The summed E-state index contributed by atoms with van der Waals surface area (Å²) >= 11 is 0. The Morgan fingerprint density at radius 3 is 1.40 bits per heavy atom. The molecule has 6 N–H and O–H groups in total. The molecule has 1 amide bonds. The van der Waals surface area contributed by atoms with Crippen LogP contribution in [0.5, 0.6) is 0 Å². The Bertz CT molecular complexity index is 1590. The third-order valence-corrected chi connectivity index (χ3v) is 14.5. The van der Waals surface area contributed by atoms with Crippen molar-refractivity contribution >= 4 is 11.9 Å². The number of aliphatic hydroxyl groups excluding tert-OH is 5. The summed E-state index contributed by atoms with van der Waals surface area (Å²) in [6.07, 6.45) is 60.5. The molecule has 1 saturated heterocycles. The zero-order chi connectivity index (χ0) is 56.8. The number of aliphatic hydroxyl groups is 5. The van der Waals surface area contributed by atoms with Gasteiger partial charge in [0.2, 0.25) is 5.91 Å². The average molecular weight is 1100 g/mol. The lowest BCUT2D eigenvalue weighted by atomic mass is 9.99. The van der Waals surface area contributed by atoms with Gasteiger partial charge in [0, 0.05) is 6.42 Å². The first-order chi connectivity index (χ1) is 38.2. The highest BCUT2D eigenvalue weighted by molar-refractivity contribution is 5.80. The second-order valence-electron chi connectivity index (χ2n) is 21.8. The molecule has 1 heterocycles. The highest BCUT2D eigenvalue weighted by Gasteiger charge is 2.47. The molecule has 1 fully saturated rings. The summed E-state index contributed by atoms with van der Waals surface area (Å²) in [5.41, 5.74) is 0. The number of ether oxygens (including phenoxy) is 3. The molecule has 11 heteroatoms. The zero-order valence-corrected chi connectivity index (χ0v) is 49.8. The maximum atomic E-state index is 13.4. The molecule has 0 aromatic carbocycles. The lowest BCUT2D eigenvalue weighted by Gasteiger charge is -2.41. The summed E-state index contributed by atoms with van der Waals surface area (Å²) in [7, 11) is 0. The van der Waals surface area contributed by atoms with Gasteiger partial charge in [0.1, 0.15) is 24.4 Å². The van der Waals surface area contributed by atoms with Crippen molar-refractivity contribution < 1.29 is 49.3 Å². The van der Waals surface area contributed by atoms with Gasteiger partial charge in [-0.2, -0.15) is 0 Å². The third kappa shape index (κ3) is 41.8. The van der Waals surface area contributed by atoms with Gasteiger partial charge in [-0.3, -0.25) is 9.59 Å². The standard InChI is InChI=1S/C67H117NO10/c1-4-7-10-13-16-19-22-25-26-27-28-29-30-31-32-33-34-35-36-37-40-43-46-49-52-55-62(72)78-65-64(74)63(73)61(56-69)77-67(65)76-57-58(59(70)53-50-47-44-41-38-23-20-17-14-11-8-5-2)68-66(75)60(71)54-51-48-45-42-39-24-21-18-15-12-9-6-3/h7,10,16,19,25-26,28-29,31-32,39,42,50,53,58-61,63-65,67,69-71,73-74H,4-6,8-9,11-15,17-18,20-24,27,30,33-38,40-41,43-49,51-52,54-57H2,1-3H3,(H,68,75)/b10-7-,19-16-,26-25-,29-28-,32-31-,42-39-,53-50+. The summed E-state index contributed by atoms with van der Waals surface area (Å²) in [6, 6.07) is -1.04. The van der Waals surface area contributed by atoms with Gasteiger partial charge in [0.25, 0.3) is 0 Å². The predicted octanol–water partition coefficient (Wildman–Crippen LogP) is 15.3. The molecule has 0 aromatic rings. The summed E-state index contributed by atoms with van der Waals surface area (Å²) < 4.78 is 17.6. The smallest absolute Gasteiger partial charge is 0.306 e. The topological polar surface area (TPSA) is 175 Å². The Morgan fingerprint density at radius 2 is 0.923 bits per heavy atom. The summed E-state index contributed by atoms with van der Waals surface area (Å²) in [4.78, 5) is 26.5. The number of carbonyl (C=O) groups is 2. The van der Waals surface area contributed by atoms with Crippen LogP contribution in [0.4, 0.5) is 0 Å². The molecule has 0 aliphatic carbocycles. The molecule has 0 saturated carbocycles. The zero-order valence-electron chi connectivity index (χ0n) is 49.8. The minimum atomic E-state index is -1.62. The Balaban J connectivity index is 2.61. The van der Waals surface area contributed by atoms with Gasteiger partial charge in [-0.15, -0.1) is 0 Å². The molecule has 78 heavy (non-hydrogen) atoms. The van der Waals surface area contributed by atoms with Crippen LogP contribution in [0, 0.1) is 0 Å². The van der Waals surface area contributed by atoms with E-state index in [2.05, 4.69) is 99.0 Å². The van der Waals surface area contributed by atoms with E-state index in [1.165, 1.54) is 116 Å². The van der Waals surface area contributed by atoms with Gasteiger partial charge in [-0.1, -0.05) is 247 Å². The van der Waals surface area contributed by atoms with Gasteiger partial charge in [-0.05, 0) is 96.3 Å². The monoisotopic (exact) mass is 1100 g/mol. The molecule has 0 radical (unpaired) electrons. The van der Waals surface area contributed by atoms with E-state index in [0.29, 0.717) is 12.8 Å². The number of amides is 1. The number of rotatable bonds is 53. The van der Waals surface area contributed by atoms with Gasteiger partial charge in [-0.25, -0.2) is 0 Å². The van der Waals surface area contributed by atoms with E-state index in [1.54, 1.807) is 6.08 Å². The number of hydrogen-bond acceptors (Lipinski definition) is 10. The van der Waals surface area contributed by atoms with Gasteiger partial charge in [0.05, 0.1) is 25.4 Å². The van der Waals surface area contributed by atoms with Crippen molar-refractivity contribution in [2.45, 2.75) is 314 Å². The van der Waals surface area contributed by atoms with Gasteiger partial charge < -0.3 is 45.1 Å². The van der Waals surface area contributed by atoms with Crippen LogP contribution in [0.2, 0.25) is 0 Å². The molecule has 1 rings (SSSR count). The third-order valence-electron chi connectivity index (χ3n) is 14.5. The van der Waals surface area contributed by atoms with E-state index in [-0.39, 0.29) is 19.4 Å². The molecular weight excluding hydrogens is 979 g/mol. The lowest BCUT2D eigenvalue weighted by Crippen LogP contribution is -2.61. The fourth-order valence-electron chi connectivity index (χ4n) is 9.50. The highest BCUT2D eigenvalue weighted by Crippen LogP contribution is 2.26. The van der Waals surface area contributed by atoms with Crippen LogP contribution >= 0.6 is 0 Å². The van der Waals surface area contributed by atoms with Crippen molar-refractivity contribution in [3.8, 4) is 0 Å². The quantitative estimate of drug-likeness (QED) is 0.0195. The second kappa shape index (κ2) is 54.4. The maximum absolute atomic E-state index is 13.4. The van der Waals surface area contributed by atoms with Crippen LogP contribution in [0.15, 0.2) is 85.1 Å². The summed E-state index contributed by atoms with van der Waals surface area (Å²) in [6.45, 7) is 5.65. The molecule has 0 spiro atoms. The van der Waals surface area contributed by atoms with Crippen LogP contribution in [0.3, 0.4) is 0 Å². The van der Waals surface area contributed by atoms with Crippen molar-refractivity contribution in [1.82, 2.24) is 5.32 Å². The average Bonchev–Trinajstić information content (AvgIpc) is 3.44. The molecule has 0 aromatic heterocycles. The van der Waals surface area contributed by atoms with Gasteiger partial charge >= 0.3 is 5.97 Å². The van der Waals surface area contributed by atoms with E-state index in [1.807, 2.05) is 6.08 Å². The first-order valence-electron chi connectivity index (χ1n) is 31.9. The van der Waals surface area contributed by atoms with E-state index < -0.39 is 67.4 Å². The van der Waals surface area contributed by atoms with E-state index >= 15 is 0 Å². The molecular formula is C67H117NO10. The Morgan fingerprint density at radius 1 is 0.513 bits per heavy atom. The van der Waals surface area contributed by atoms with Crippen molar-refractivity contribution in [3.63, 3.8) is 0 Å². The number of esters is 1. The fraction of sp³-hybridized carbons (Fsp3) is 0.761. The van der Waals surface area contributed by atoms with Crippen LogP contribution < -0.4 is 5.32 Å². The van der Waals surface area contributed by atoms with Crippen molar-refractivity contribution in [1.29, 1.82) is 0 Å². The molecule has 1 aliphatic rings. The predicted molar refractivity (Wildman–Crippen MR) is 324 cm³/mol.